The smallest absolute Gasteiger partial charge is 0.408 e. The summed E-state index contributed by atoms with van der Waals surface area (Å²) in [7, 11) is 0. The molecule has 0 unspecified atom stereocenters. The SMILES string of the molecule is Cc1cnc(Nc2cc(C)c(Br)c(C)c2)nc1Nc1ccc2oc(=O)[nH]c2c1. The molecular weight excluding hydrogens is 422 g/mol. The molecule has 0 aliphatic heterocycles. The monoisotopic (exact) mass is 439 g/mol. The molecule has 0 aliphatic rings. The van der Waals surface area contributed by atoms with Crippen molar-refractivity contribution >= 4 is 50.2 Å². The van der Waals surface area contributed by atoms with Crippen molar-refractivity contribution in [2.45, 2.75) is 20.8 Å². The molecule has 142 valence electrons. The van der Waals surface area contributed by atoms with Gasteiger partial charge in [0.15, 0.2) is 5.58 Å². The number of hydrogen-bond acceptors (Lipinski definition) is 6. The maximum absolute atomic E-state index is 11.3. The van der Waals surface area contributed by atoms with E-state index in [9.17, 15) is 4.79 Å². The van der Waals surface area contributed by atoms with E-state index in [0.29, 0.717) is 22.9 Å². The normalized spacial score (nSPS) is 11.0. The lowest BCUT2D eigenvalue weighted by Gasteiger charge is -2.12. The number of benzene rings is 2. The fraction of sp³-hybridized carbons (Fsp3) is 0.150. The van der Waals surface area contributed by atoms with Gasteiger partial charge >= 0.3 is 5.76 Å². The minimum atomic E-state index is -0.475. The molecule has 8 heteroatoms. The van der Waals surface area contributed by atoms with E-state index in [1.165, 1.54) is 0 Å². The summed E-state index contributed by atoms with van der Waals surface area (Å²) in [4.78, 5) is 22.9. The molecule has 2 heterocycles. The van der Waals surface area contributed by atoms with Crippen LogP contribution < -0.4 is 16.4 Å². The van der Waals surface area contributed by atoms with Crippen LogP contribution in [0.25, 0.3) is 11.1 Å². The molecule has 0 saturated carbocycles. The van der Waals surface area contributed by atoms with Crippen molar-refractivity contribution in [3.63, 3.8) is 0 Å². The lowest BCUT2D eigenvalue weighted by molar-refractivity contribution is 0.555. The maximum Gasteiger partial charge on any atom is 0.417 e. The van der Waals surface area contributed by atoms with Crippen LogP contribution >= 0.6 is 15.9 Å². The van der Waals surface area contributed by atoms with Gasteiger partial charge in [-0.15, -0.1) is 0 Å². The predicted octanol–water partition coefficient (Wildman–Crippen LogP) is 5.09. The zero-order valence-electron chi connectivity index (χ0n) is 15.6. The van der Waals surface area contributed by atoms with E-state index in [-0.39, 0.29) is 0 Å². The topological polar surface area (TPSA) is 95.8 Å². The second-order valence-electron chi connectivity index (χ2n) is 6.62. The van der Waals surface area contributed by atoms with Crippen LogP contribution in [-0.4, -0.2) is 15.0 Å². The van der Waals surface area contributed by atoms with Crippen LogP contribution in [0.2, 0.25) is 0 Å². The Morgan fingerprint density at radius 3 is 2.50 bits per heavy atom. The van der Waals surface area contributed by atoms with E-state index in [0.717, 1.165) is 32.5 Å². The summed E-state index contributed by atoms with van der Waals surface area (Å²) < 4.78 is 6.13. The highest BCUT2D eigenvalue weighted by atomic mass is 79.9. The molecule has 0 bridgehead atoms. The van der Waals surface area contributed by atoms with Crippen molar-refractivity contribution in [2.24, 2.45) is 0 Å². The Kier molecular flexibility index (Phi) is 4.64. The summed E-state index contributed by atoms with van der Waals surface area (Å²) in [5.74, 6) is 0.692. The number of anilines is 4. The zero-order chi connectivity index (χ0) is 19.8. The molecule has 0 aliphatic carbocycles. The lowest BCUT2D eigenvalue weighted by atomic mass is 10.1. The molecule has 4 rings (SSSR count). The van der Waals surface area contributed by atoms with Gasteiger partial charge < -0.3 is 15.1 Å². The van der Waals surface area contributed by atoms with Gasteiger partial charge in [0.1, 0.15) is 5.82 Å². The van der Waals surface area contributed by atoms with Crippen molar-refractivity contribution in [3.05, 3.63) is 68.2 Å². The first-order chi connectivity index (χ1) is 13.4. The Labute approximate surface area is 169 Å². The molecule has 0 atom stereocenters. The molecule has 2 aromatic heterocycles. The van der Waals surface area contributed by atoms with Crippen molar-refractivity contribution < 1.29 is 4.42 Å². The Balaban J connectivity index is 1.62. The van der Waals surface area contributed by atoms with Crippen molar-refractivity contribution in [1.29, 1.82) is 0 Å². The molecule has 7 nitrogen and oxygen atoms in total. The molecule has 0 fully saturated rings. The number of halogens is 1. The van der Waals surface area contributed by atoms with Crippen LogP contribution in [0.5, 0.6) is 0 Å². The molecule has 0 spiro atoms. The number of nitrogens with one attached hydrogen (secondary N) is 3. The highest BCUT2D eigenvalue weighted by Gasteiger charge is 2.08. The average Bonchev–Trinajstić information content (AvgIpc) is 3.02. The average molecular weight is 440 g/mol. The van der Waals surface area contributed by atoms with Crippen molar-refractivity contribution in [2.75, 3.05) is 10.6 Å². The van der Waals surface area contributed by atoms with Crippen LogP contribution in [0, 0.1) is 20.8 Å². The number of oxazole rings is 1. The van der Waals surface area contributed by atoms with Crippen LogP contribution in [0.3, 0.4) is 0 Å². The van der Waals surface area contributed by atoms with E-state index in [1.54, 1.807) is 18.3 Å². The third-order valence-corrected chi connectivity index (χ3v) is 5.60. The van der Waals surface area contributed by atoms with Gasteiger partial charge in [-0.05, 0) is 62.2 Å². The number of nitrogens with zero attached hydrogens (tertiary/aromatic N) is 2. The molecule has 0 radical (unpaired) electrons. The molecular formula is C20H18BrN5O2. The van der Waals surface area contributed by atoms with Gasteiger partial charge in [0, 0.05) is 27.6 Å². The van der Waals surface area contributed by atoms with Gasteiger partial charge in [0.2, 0.25) is 5.95 Å². The van der Waals surface area contributed by atoms with E-state index in [1.807, 2.05) is 39.0 Å². The molecule has 2 aromatic carbocycles. The number of aryl methyl sites for hydroxylation is 3. The van der Waals surface area contributed by atoms with E-state index < -0.39 is 5.76 Å². The summed E-state index contributed by atoms with van der Waals surface area (Å²) in [5, 5.41) is 6.52. The summed E-state index contributed by atoms with van der Waals surface area (Å²) in [5.41, 5.74) is 6.01. The minimum absolute atomic E-state index is 0.475. The predicted molar refractivity (Wildman–Crippen MR) is 114 cm³/mol. The Bertz CT molecular complexity index is 1220. The van der Waals surface area contributed by atoms with Crippen LogP contribution in [0.15, 0.2) is 50.2 Å². The molecule has 0 amide bonds. The Hall–Kier alpha value is -3.13. The summed E-state index contributed by atoms with van der Waals surface area (Å²) in [6, 6.07) is 9.44. The molecule has 28 heavy (non-hydrogen) atoms. The van der Waals surface area contributed by atoms with E-state index in [4.69, 9.17) is 4.42 Å². The Morgan fingerprint density at radius 2 is 1.75 bits per heavy atom. The van der Waals surface area contributed by atoms with Crippen LogP contribution in [-0.2, 0) is 0 Å². The third-order valence-electron chi connectivity index (χ3n) is 4.35. The fourth-order valence-electron chi connectivity index (χ4n) is 2.94. The summed E-state index contributed by atoms with van der Waals surface area (Å²) >= 11 is 3.58. The molecule has 4 aromatic rings. The number of rotatable bonds is 4. The Morgan fingerprint density at radius 1 is 1.00 bits per heavy atom. The quantitative estimate of drug-likeness (QED) is 0.409. The minimum Gasteiger partial charge on any atom is -0.408 e. The van der Waals surface area contributed by atoms with Crippen LogP contribution in [0.1, 0.15) is 16.7 Å². The maximum atomic E-state index is 11.3. The number of fused-ring (bicyclic) bond motifs is 1. The highest BCUT2D eigenvalue weighted by molar-refractivity contribution is 9.10. The van der Waals surface area contributed by atoms with Gasteiger partial charge in [-0.2, -0.15) is 4.98 Å². The summed E-state index contributed by atoms with van der Waals surface area (Å²) in [6.07, 6.45) is 1.76. The van der Waals surface area contributed by atoms with Gasteiger partial charge in [0.05, 0.1) is 5.52 Å². The van der Waals surface area contributed by atoms with Gasteiger partial charge in [-0.3, -0.25) is 4.98 Å². The first-order valence-corrected chi connectivity index (χ1v) is 9.45. The van der Waals surface area contributed by atoms with Crippen molar-refractivity contribution in [1.82, 2.24) is 15.0 Å². The first-order valence-electron chi connectivity index (χ1n) is 8.66. The van der Waals surface area contributed by atoms with Crippen LogP contribution in [0.4, 0.5) is 23.1 Å². The second-order valence-corrected chi connectivity index (χ2v) is 7.42. The number of aromatic nitrogens is 3. The lowest BCUT2D eigenvalue weighted by Crippen LogP contribution is -2.03. The van der Waals surface area contributed by atoms with E-state index in [2.05, 4.69) is 41.5 Å². The number of H-pyrrole nitrogens is 1. The largest absolute Gasteiger partial charge is 0.417 e. The van der Waals surface area contributed by atoms with Crippen molar-refractivity contribution in [3.8, 4) is 0 Å². The summed E-state index contributed by atoms with van der Waals surface area (Å²) in [6.45, 7) is 6.02. The standard InChI is InChI=1S/C20H18BrN5O2/c1-10-6-14(7-11(2)17(10)21)24-19-22-9-12(3)18(26-19)23-13-4-5-16-15(8-13)25-20(27)28-16/h4-9H,1-3H3,(H,25,27)(H2,22,23,24,26). The number of hydrogen-bond donors (Lipinski definition) is 3. The zero-order valence-corrected chi connectivity index (χ0v) is 17.1. The van der Waals surface area contributed by atoms with Gasteiger partial charge in [-0.25, -0.2) is 9.78 Å². The van der Waals surface area contributed by atoms with E-state index >= 15 is 0 Å². The highest BCUT2D eigenvalue weighted by Crippen LogP contribution is 2.27. The molecule has 0 saturated heterocycles. The second kappa shape index (κ2) is 7.12. The van der Waals surface area contributed by atoms with Gasteiger partial charge in [0.25, 0.3) is 0 Å². The fourth-order valence-corrected chi connectivity index (χ4v) is 3.17. The molecule has 3 N–H and O–H groups in total. The first kappa shape index (κ1) is 18.2. The third kappa shape index (κ3) is 3.63. The number of aromatic amines is 1. The van der Waals surface area contributed by atoms with Gasteiger partial charge in [-0.1, -0.05) is 15.9 Å².